The Morgan fingerprint density at radius 1 is 1.25 bits per heavy atom. The van der Waals surface area contributed by atoms with E-state index in [0.29, 0.717) is 18.6 Å². The lowest BCUT2D eigenvalue weighted by atomic mass is 9.84. The minimum atomic E-state index is -0.00436. The molecule has 0 aliphatic heterocycles. The van der Waals surface area contributed by atoms with Crippen LogP contribution in [0.5, 0.6) is 0 Å². The highest BCUT2D eigenvalue weighted by Gasteiger charge is 2.42. The molecule has 118 valence electrons. The second-order valence-corrected chi connectivity index (χ2v) is 7.26. The molecule has 2 saturated carbocycles. The van der Waals surface area contributed by atoms with E-state index < -0.39 is 0 Å². The second kappa shape index (κ2) is 7.24. The molecule has 0 bridgehead atoms. The molecule has 0 heterocycles. The van der Waals surface area contributed by atoms with E-state index in [0.717, 1.165) is 12.5 Å². The maximum Gasteiger partial charge on any atom is 0.0616 e. The normalized spacial score (nSPS) is 30.6. The van der Waals surface area contributed by atoms with Crippen LogP contribution in [0.25, 0.3) is 0 Å². The molecular formula is C17H34N2O. The molecule has 2 N–H and O–H groups in total. The average Bonchev–Trinajstić information content (AvgIpc) is 3.17. The van der Waals surface area contributed by atoms with Gasteiger partial charge in [-0.1, -0.05) is 27.2 Å². The van der Waals surface area contributed by atoms with E-state index in [1.165, 1.54) is 51.6 Å². The van der Waals surface area contributed by atoms with Crippen LogP contribution in [0.15, 0.2) is 0 Å². The maximum absolute atomic E-state index is 9.95. The highest BCUT2D eigenvalue weighted by Crippen LogP contribution is 2.39. The van der Waals surface area contributed by atoms with Gasteiger partial charge in [-0.15, -0.1) is 0 Å². The molecule has 3 nitrogen and oxygen atoms in total. The highest BCUT2D eigenvalue weighted by molar-refractivity contribution is 5.00. The summed E-state index contributed by atoms with van der Waals surface area (Å²) < 4.78 is 0. The fraction of sp³-hybridized carbons (Fsp3) is 1.00. The molecule has 0 aromatic heterocycles. The van der Waals surface area contributed by atoms with E-state index in [2.05, 4.69) is 31.0 Å². The molecule has 2 atom stereocenters. The summed E-state index contributed by atoms with van der Waals surface area (Å²) in [6, 6.07) is 1.33. The standard InChI is InChI=1S/C17H34N2O/c1-4-11-19(16-7-8-16)12-9-15-6-5-10-17(15,13-20)18-14(2)3/h14-16,18,20H,4-13H2,1-3H3. The van der Waals surface area contributed by atoms with Crippen LogP contribution in [-0.4, -0.2) is 47.3 Å². The lowest BCUT2D eigenvalue weighted by molar-refractivity contribution is 0.102. The molecule has 0 aromatic rings. The molecule has 2 unspecified atom stereocenters. The third-order valence-electron chi connectivity index (χ3n) is 5.15. The van der Waals surface area contributed by atoms with Crippen LogP contribution in [0.1, 0.15) is 65.7 Å². The summed E-state index contributed by atoms with van der Waals surface area (Å²) in [4.78, 5) is 2.69. The maximum atomic E-state index is 9.95. The SMILES string of the molecule is CCCN(CCC1CCCC1(CO)NC(C)C)C1CC1. The van der Waals surface area contributed by atoms with Crippen molar-refractivity contribution in [2.75, 3.05) is 19.7 Å². The van der Waals surface area contributed by atoms with Crippen LogP contribution in [0.2, 0.25) is 0 Å². The van der Waals surface area contributed by atoms with Gasteiger partial charge in [-0.2, -0.15) is 0 Å². The van der Waals surface area contributed by atoms with E-state index >= 15 is 0 Å². The van der Waals surface area contributed by atoms with Gasteiger partial charge in [0.25, 0.3) is 0 Å². The molecule has 2 rings (SSSR count). The first-order valence-corrected chi connectivity index (χ1v) is 8.74. The largest absolute Gasteiger partial charge is 0.394 e. The van der Waals surface area contributed by atoms with Crippen LogP contribution in [-0.2, 0) is 0 Å². The predicted molar refractivity (Wildman–Crippen MR) is 84.9 cm³/mol. The van der Waals surface area contributed by atoms with Crippen molar-refractivity contribution in [1.82, 2.24) is 10.2 Å². The van der Waals surface area contributed by atoms with Crippen LogP contribution in [0, 0.1) is 5.92 Å². The lowest BCUT2D eigenvalue weighted by Gasteiger charge is -2.38. The molecule has 2 fully saturated rings. The molecule has 0 aromatic carbocycles. The number of aliphatic hydroxyl groups is 1. The molecule has 0 amide bonds. The Hall–Kier alpha value is -0.120. The number of aliphatic hydroxyl groups excluding tert-OH is 1. The van der Waals surface area contributed by atoms with Gasteiger partial charge >= 0.3 is 0 Å². The number of rotatable bonds is 9. The van der Waals surface area contributed by atoms with E-state index in [-0.39, 0.29) is 5.54 Å². The third kappa shape index (κ3) is 3.96. The van der Waals surface area contributed by atoms with Gasteiger partial charge in [-0.3, -0.25) is 0 Å². The van der Waals surface area contributed by atoms with Gasteiger partial charge < -0.3 is 15.3 Å². The predicted octanol–water partition coefficient (Wildman–Crippen LogP) is 2.78. The third-order valence-corrected chi connectivity index (χ3v) is 5.15. The first-order chi connectivity index (χ1) is 9.61. The summed E-state index contributed by atoms with van der Waals surface area (Å²) in [6.07, 6.45) is 9.00. The number of hydrogen-bond donors (Lipinski definition) is 2. The van der Waals surface area contributed by atoms with E-state index in [9.17, 15) is 5.11 Å². The van der Waals surface area contributed by atoms with Crippen molar-refractivity contribution >= 4 is 0 Å². The summed E-state index contributed by atoms with van der Waals surface area (Å²) in [5.41, 5.74) is -0.00436. The van der Waals surface area contributed by atoms with Crippen LogP contribution in [0.3, 0.4) is 0 Å². The molecule has 3 heteroatoms. The lowest BCUT2D eigenvalue weighted by Crippen LogP contribution is -2.54. The van der Waals surface area contributed by atoms with Gasteiger partial charge in [-0.05, 0) is 57.5 Å². The Labute approximate surface area is 125 Å². The number of hydrogen-bond acceptors (Lipinski definition) is 3. The Balaban J connectivity index is 1.89. The van der Waals surface area contributed by atoms with Crippen molar-refractivity contribution in [3.05, 3.63) is 0 Å². The monoisotopic (exact) mass is 282 g/mol. The fourth-order valence-electron chi connectivity index (χ4n) is 4.11. The quantitative estimate of drug-likeness (QED) is 0.682. The first-order valence-electron chi connectivity index (χ1n) is 8.74. The molecule has 2 aliphatic carbocycles. The van der Waals surface area contributed by atoms with Gasteiger partial charge in [-0.25, -0.2) is 0 Å². The van der Waals surface area contributed by atoms with Crippen molar-refractivity contribution in [2.45, 2.75) is 83.3 Å². The van der Waals surface area contributed by atoms with E-state index in [4.69, 9.17) is 0 Å². The molecule has 2 aliphatic rings. The van der Waals surface area contributed by atoms with Crippen LogP contribution in [0.4, 0.5) is 0 Å². The van der Waals surface area contributed by atoms with E-state index in [1.54, 1.807) is 0 Å². The van der Waals surface area contributed by atoms with E-state index in [1.807, 2.05) is 0 Å². The highest BCUT2D eigenvalue weighted by atomic mass is 16.3. The van der Waals surface area contributed by atoms with Gasteiger partial charge in [0.1, 0.15) is 0 Å². The zero-order chi connectivity index (χ0) is 14.6. The Bertz CT molecular complexity index is 291. The molecule has 0 saturated heterocycles. The zero-order valence-electron chi connectivity index (χ0n) is 13.7. The minimum Gasteiger partial charge on any atom is -0.394 e. The number of nitrogens with one attached hydrogen (secondary N) is 1. The Morgan fingerprint density at radius 2 is 2.00 bits per heavy atom. The number of nitrogens with zero attached hydrogens (tertiary/aromatic N) is 1. The smallest absolute Gasteiger partial charge is 0.0616 e. The minimum absolute atomic E-state index is 0.00436. The van der Waals surface area contributed by atoms with Gasteiger partial charge in [0.15, 0.2) is 0 Å². The molecule has 20 heavy (non-hydrogen) atoms. The van der Waals surface area contributed by atoms with Gasteiger partial charge in [0.2, 0.25) is 0 Å². The fourth-order valence-corrected chi connectivity index (χ4v) is 4.11. The zero-order valence-corrected chi connectivity index (χ0v) is 13.7. The van der Waals surface area contributed by atoms with Crippen LogP contribution >= 0.6 is 0 Å². The average molecular weight is 282 g/mol. The van der Waals surface area contributed by atoms with Crippen molar-refractivity contribution < 1.29 is 5.11 Å². The summed E-state index contributed by atoms with van der Waals surface area (Å²) in [7, 11) is 0. The Kier molecular flexibility index (Phi) is 5.88. The van der Waals surface area contributed by atoms with Gasteiger partial charge in [0, 0.05) is 17.6 Å². The van der Waals surface area contributed by atoms with Crippen molar-refractivity contribution in [2.24, 2.45) is 5.92 Å². The van der Waals surface area contributed by atoms with Crippen molar-refractivity contribution in [1.29, 1.82) is 0 Å². The summed E-state index contributed by atoms with van der Waals surface area (Å²) >= 11 is 0. The second-order valence-electron chi connectivity index (χ2n) is 7.26. The summed E-state index contributed by atoms with van der Waals surface area (Å²) in [5.74, 6) is 0.646. The van der Waals surface area contributed by atoms with Crippen LogP contribution < -0.4 is 5.32 Å². The Morgan fingerprint density at radius 3 is 2.55 bits per heavy atom. The summed E-state index contributed by atoms with van der Waals surface area (Å²) in [5, 5.41) is 13.6. The van der Waals surface area contributed by atoms with Crippen molar-refractivity contribution in [3.63, 3.8) is 0 Å². The van der Waals surface area contributed by atoms with Gasteiger partial charge in [0.05, 0.1) is 6.61 Å². The molecule has 0 spiro atoms. The summed E-state index contributed by atoms with van der Waals surface area (Å²) in [6.45, 7) is 9.45. The first kappa shape index (κ1) is 16.3. The molecule has 0 radical (unpaired) electrons. The van der Waals surface area contributed by atoms with Crippen molar-refractivity contribution in [3.8, 4) is 0 Å². The topological polar surface area (TPSA) is 35.5 Å². The molecular weight excluding hydrogens is 248 g/mol.